The highest BCUT2D eigenvalue weighted by Crippen LogP contribution is 2.30. The van der Waals surface area contributed by atoms with Crippen LogP contribution in [0.4, 0.5) is 0 Å². The zero-order valence-electron chi connectivity index (χ0n) is 12.4. The quantitative estimate of drug-likeness (QED) is 0.647. The zero-order chi connectivity index (χ0) is 16.0. The Morgan fingerprint density at radius 2 is 1.90 bits per heavy atom. The molecule has 0 saturated carbocycles. The Labute approximate surface area is 132 Å². The van der Waals surface area contributed by atoms with Crippen molar-refractivity contribution in [3.8, 4) is 0 Å². The molecule has 5 nitrogen and oxygen atoms in total. The summed E-state index contributed by atoms with van der Waals surface area (Å²) in [5.74, 6) is -1.74. The van der Waals surface area contributed by atoms with Crippen LogP contribution in [-0.4, -0.2) is 24.3 Å². The van der Waals surface area contributed by atoms with Gasteiger partial charge in [-0.15, -0.1) is 0 Å². The molecule has 1 aromatic rings. The molecule has 6 heteroatoms. The molecule has 0 aliphatic rings. The van der Waals surface area contributed by atoms with Gasteiger partial charge in [0.05, 0.1) is 12.3 Å². The van der Waals surface area contributed by atoms with Gasteiger partial charge in [0.15, 0.2) is 0 Å². The first-order valence-electron chi connectivity index (χ1n) is 6.57. The van der Waals surface area contributed by atoms with E-state index in [0.717, 1.165) is 4.47 Å². The number of hydrogen-bond acceptors (Lipinski definition) is 5. The fourth-order valence-corrected chi connectivity index (χ4v) is 2.33. The molecule has 0 spiro atoms. The smallest absolute Gasteiger partial charge is 0.314 e. The van der Waals surface area contributed by atoms with Gasteiger partial charge in [-0.05, 0) is 32.4 Å². The van der Waals surface area contributed by atoms with Crippen LogP contribution in [0.3, 0.4) is 0 Å². The van der Waals surface area contributed by atoms with Gasteiger partial charge in [0, 0.05) is 4.47 Å². The van der Waals surface area contributed by atoms with Gasteiger partial charge in [0.25, 0.3) is 0 Å². The van der Waals surface area contributed by atoms with Crippen molar-refractivity contribution in [2.45, 2.75) is 38.7 Å². The van der Waals surface area contributed by atoms with Gasteiger partial charge in [0.1, 0.15) is 12.3 Å². The Morgan fingerprint density at radius 1 is 1.29 bits per heavy atom. The van der Waals surface area contributed by atoms with Crippen LogP contribution < -0.4 is 5.73 Å². The minimum absolute atomic E-state index is 0.116. The molecule has 0 bridgehead atoms. The normalized spacial score (nSPS) is 12.6. The second-order valence-corrected chi connectivity index (χ2v) is 6.35. The Hall–Kier alpha value is -1.40. The van der Waals surface area contributed by atoms with Crippen molar-refractivity contribution in [3.63, 3.8) is 0 Å². The van der Waals surface area contributed by atoms with Crippen LogP contribution in [0.1, 0.15) is 38.7 Å². The van der Waals surface area contributed by atoms with E-state index in [9.17, 15) is 9.59 Å². The molecule has 0 aromatic heterocycles. The molecule has 0 fully saturated rings. The molecular formula is C15H20BrNO4. The van der Waals surface area contributed by atoms with E-state index in [-0.39, 0.29) is 13.2 Å². The van der Waals surface area contributed by atoms with E-state index in [4.69, 9.17) is 15.2 Å². The Kier molecular flexibility index (Phi) is 6.36. The summed E-state index contributed by atoms with van der Waals surface area (Å²) in [6, 6.07) is 7.21. The van der Waals surface area contributed by atoms with Gasteiger partial charge in [-0.1, -0.05) is 34.1 Å². The number of nitrogens with two attached hydrogens (primary N) is 1. The summed E-state index contributed by atoms with van der Waals surface area (Å²) in [5, 5.41) is 0. The standard InChI is InChI=1S/C15H20BrNO4/c1-15(2,3)21-14(19)11(8-13(18)20-9-17)10-6-4-5-7-12(10)16/h4-7,11H,8-9,17H2,1-3H3/t11-/m1/s1. The summed E-state index contributed by atoms with van der Waals surface area (Å²) in [6.45, 7) is 5.12. The van der Waals surface area contributed by atoms with Crippen LogP contribution in [0.5, 0.6) is 0 Å². The van der Waals surface area contributed by atoms with Crippen LogP contribution in [0.2, 0.25) is 0 Å². The highest BCUT2D eigenvalue weighted by Gasteiger charge is 2.30. The van der Waals surface area contributed by atoms with E-state index in [1.807, 2.05) is 6.07 Å². The Balaban J connectivity index is 3.03. The average molecular weight is 358 g/mol. The van der Waals surface area contributed by atoms with E-state index < -0.39 is 23.5 Å². The SMILES string of the molecule is CC(C)(C)OC(=O)[C@H](CC(=O)OCN)c1ccccc1Br. The van der Waals surface area contributed by atoms with Crippen molar-refractivity contribution in [1.29, 1.82) is 0 Å². The molecule has 0 aliphatic carbocycles. The van der Waals surface area contributed by atoms with E-state index in [0.29, 0.717) is 5.56 Å². The topological polar surface area (TPSA) is 78.6 Å². The third-order valence-electron chi connectivity index (χ3n) is 2.59. The zero-order valence-corrected chi connectivity index (χ0v) is 14.0. The third-order valence-corrected chi connectivity index (χ3v) is 3.31. The van der Waals surface area contributed by atoms with Crippen molar-refractivity contribution < 1.29 is 19.1 Å². The molecule has 0 amide bonds. The van der Waals surface area contributed by atoms with E-state index in [2.05, 4.69) is 15.9 Å². The summed E-state index contributed by atoms with van der Waals surface area (Å²) in [6.07, 6.45) is -0.116. The molecule has 1 aromatic carbocycles. The van der Waals surface area contributed by atoms with Crippen molar-refractivity contribution in [2.24, 2.45) is 5.73 Å². The summed E-state index contributed by atoms with van der Waals surface area (Å²) in [7, 11) is 0. The van der Waals surface area contributed by atoms with Crippen LogP contribution in [0.25, 0.3) is 0 Å². The van der Waals surface area contributed by atoms with Crippen LogP contribution >= 0.6 is 15.9 Å². The van der Waals surface area contributed by atoms with Crippen molar-refractivity contribution in [2.75, 3.05) is 6.73 Å². The van der Waals surface area contributed by atoms with Crippen molar-refractivity contribution in [1.82, 2.24) is 0 Å². The maximum absolute atomic E-state index is 12.4. The first-order valence-corrected chi connectivity index (χ1v) is 7.37. The molecule has 0 aliphatic heterocycles. The second-order valence-electron chi connectivity index (χ2n) is 5.49. The van der Waals surface area contributed by atoms with E-state index in [1.165, 1.54) is 0 Å². The minimum atomic E-state index is -0.737. The maximum Gasteiger partial charge on any atom is 0.314 e. The number of rotatable bonds is 5. The van der Waals surface area contributed by atoms with E-state index in [1.54, 1.807) is 39.0 Å². The molecular weight excluding hydrogens is 338 g/mol. The van der Waals surface area contributed by atoms with Gasteiger partial charge < -0.3 is 9.47 Å². The molecule has 1 atom stereocenters. The predicted octanol–water partition coefficient (Wildman–Crippen LogP) is 2.72. The number of hydrogen-bond donors (Lipinski definition) is 1. The highest BCUT2D eigenvalue weighted by molar-refractivity contribution is 9.10. The molecule has 0 radical (unpaired) electrons. The largest absolute Gasteiger partial charge is 0.459 e. The molecule has 21 heavy (non-hydrogen) atoms. The summed E-state index contributed by atoms with van der Waals surface area (Å²) in [4.78, 5) is 24.1. The molecule has 2 N–H and O–H groups in total. The lowest BCUT2D eigenvalue weighted by molar-refractivity contribution is -0.160. The fourth-order valence-electron chi connectivity index (χ4n) is 1.77. The first kappa shape index (κ1) is 17.7. The summed E-state index contributed by atoms with van der Waals surface area (Å²) >= 11 is 3.39. The predicted molar refractivity (Wildman–Crippen MR) is 82.5 cm³/mol. The number of ether oxygens (including phenoxy) is 2. The van der Waals surface area contributed by atoms with E-state index >= 15 is 0 Å². The molecule has 0 heterocycles. The maximum atomic E-state index is 12.4. The molecule has 116 valence electrons. The van der Waals surface area contributed by atoms with Crippen molar-refractivity contribution >= 4 is 27.9 Å². The van der Waals surface area contributed by atoms with Gasteiger partial charge in [0.2, 0.25) is 0 Å². The fraction of sp³-hybridized carbons (Fsp3) is 0.467. The Bertz CT molecular complexity index is 511. The summed E-state index contributed by atoms with van der Waals surface area (Å²) in [5.41, 5.74) is 5.23. The monoisotopic (exact) mass is 357 g/mol. The molecule has 0 unspecified atom stereocenters. The Morgan fingerprint density at radius 3 is 2.43 bits per heavy atom. The highest BCUT2D eigenvalue weighted by atomic mass is 79.9. The summed E-state index contributed by atoms with van der Waals surface area (Å²) < 4.78 is 10.9. The lowest BCUT2D eigenvalue weighted by atomic mass is 9.95. The molecule has 1 rings (SSSR count). The number of carbonyl (C=O) groups is 2. The van der Waals surface area contributed by atoms with Gasteiger partial charge in [-0.2, -0.15) is 0 Å². The lowest BCUT2D eigenvalue weighted by Gasteiger charge is -2.24. The number of halogens is 1. The van der Waals surface area contributed by atoms with Crippen LogP contribution in [0.15, 0.2) is 28.7 Å². The first-order chi connectivity index (χ1) is 9.74. The second kappa shape index (κ2) is 7.56. The van der Waals surface area contributed by atoms with Crippen LogP contribution in [0, 0.1) is 0 Å². The van der Waals surface area contributed by atoms with Crippen LogP contribution in [-0.2, 0) is 19.1 Å². The van der Waals surface area contributed by atoms with Gasteiger partial charge >= 0.3 is 11.9 Å². The molecule has 0 saturated heterocycles. The average Bonchev–Trinajstić information content (AvgIpc) is 2.35. The minimum Gasteiger partial charge on any atom is -0.459 e. The lowest BCUT2D eigenvalue weighted by Crippen LogP contribution is -2.29. The number of carbonyl (C=O) groups excluding carboxylic acids is 2. The number of esters is 2. The third kappa shape index (κ3) is 5.85. The van der Waals surface area contributed by atoms with Gasteiger partial charge in [-0.3, -0.25) is 15.3 Å². The van der Waals surface area contributed by atoms with Gasteiger partial charge in [-0.25, -0.2) is 0 Å². The number of benzene rings is 1. The van der Waals surface area contributed by atoms with Crippen molar-refractivity contribution in [3.05, 3.63) is 34.3 Å².